The largest absolute Gasteiger partial charge is 0.478 e. The second-order valence-corrected chi connectivity index (χ2v) is 7.96. The Bertz CT molecular complexity index is 1120. The molecule has 0 amide bonds. The van der Waals surface area contributed by atoms with E-state index >= 15 is 0 Å². The molecule has 3 heterocycles. The van der Waals surface area contributed by atoms with Gasteiger partial charge in [0.2, 0.25) is 0 Å². The van der Waals surface area contributed by atoms with Gasteiger partial charge in [-0.1, -0.05) is 38.3 Å². The van der Waals surface area contributed by atoms with Gasteiger partial charge in [-0.3, -0.25) is 4.98 Å². The number of rotatable bonds is 8. The van der Waals surface area contributed by atoms with Gasteiger partial charge in [-0.2, -0.15) is 0 Å². The summed E-state index contributed by atoms with van der Waals surface area (Å²) >= 11 is 1.61. The molecule has 0 bridgehead atoms. The van der Waals surface area contributed by atoms with Crippen molar-refractivity contribution in [1.82, 2.24) is 19.5 Å². The number of nitrogens with zero attached hydrogens (tertiary/aromatic N) is 4. The van der Waals surface area contributed by atoms with Crippen molar-refractivity contribution in [3.05, 3.63) is 54.4 Å². The zero-order valence-corrected chi connectivity index (χ0v) is 17.0. The second kappa shape index (κ2) is 8.53. The standard InChI is InChI=1S/C22H22N4O2S/c1-2-3-4-7-12-26-14-18(21-25-16-8-5-6-9-19(16)29-21)24-20(26)17-13-15(22(27)28)10-11-23-17/h5-6,8-11,13-14H,2-4,7,12H2,1H3,(H,27,28). The summed E-state index contributed by atoms with van der Waals surface area (Å²) in [5.41, 5.74) is 2.52. The minimum absolute atomic E-state index is 0.206. The maximum absolute atomic E-state index is 11.4. The van der Waals surface area contributed by atoms with E-state index in [4.69, 9.17) is 9.97 Å². The molecule has 0 aliphatic heterocycles. The summed E-state index contributed by atoms with van der Waals surface area (Å²) in [6, 6.07) is 11.1. The first-order valence-corrected chi connectivity index (χ1v) is 10.6. The quantitative estimate of drug-likeness (QED) is 0.391. The molecule has 29 heavy (non-hydrogen) atoms. The number of pyridine rings is 1. The molecule has 0 unspecified atom stereocenters. The molecule has 1 aromatic carbocycles. The van der Waals surface area contributed by atoms with Crippen LogP contribution in [0.15, 0.2) is 48.8 Å². The minimum Gasteiger partial charge on any atom is -0.478 e. The zero-order valence-electron chi connectivity index (χ0n) is 16.2. The van der Waals surface area contributed by atoms with Crippen LogP contribution in [0.1, 0.15) is 43.0 Å². The van der Waals surface area contributed by atoms with Crippen molar-refractivity contribution < 1.29 is 9.90 Å². The van der Waals surface area contributed by atoms with Crippen molar-refractivity contribution in [3.8, 4) is 22.2 Å². The van der Waals surface area contributed by atoms with E-state index in [9.17, 15) is 9.90 Å². The molecule has 7 heteroatoms. The van der Waals surface area contributed by atoms with Crippen LogP contribution in [0.4, 0.5) is 0 Å². The van der Waals surface area contributed by atoms with Gasteiger partial charge in [0.1, 0.15) is 16.4 Å². The molecular weight excluding hydrogens is 384 g/mol. The van der Waals surface area contributed by atoms with Gasteiger partial charge in [-0.25, -0.2) is 14.8 Å². The van der Waals surface area contributed by atoms with Crippen LogP contribution < -0.4 is 0 Å². The van der Waals surface area contributed by atoms with Gasteiger partial charge in [0.15, 0.2) is 5.82 Å². The van der Waals surface area contributed by atoms with Crippen LogP contribution in [0.25, 0.3) is 32.4 Å². The molecule has 0 spiro atoms. The van der Waals surface area contributed by atoms with Crippen LogP contribution >= 0.6 is 11.3 Å². The van der Waals surface area contributed by atoms with Crippen LogP contribution in [0.5, 0.6) is 0 Å². The van der Waals surface area contributed by atoms with Crippen molar-refractivity contribution in [2.75, 3.05) is 0 Å². The van der Waals surface area contributed by atoms with Gasteiger partial charge in [-0.15, -0.1) is 11.3 Å². The lowest BCUT2D eigenvalue weighted by molar-refractivity contribution is 0.0697. The number of aromatic nitrogens is 4. The number of aromatic carboxylic acids is 1. The van der Waals surface area contributed by atoms with E-state index in [1.807, 2.05) is 24.4 Å². The van der Waals surface area contributed by atoms with Crippen LogP contribution in [0.3, 0.4) is 0 Å². The number of thiazole rings is 1. The summed E-state index contributed by atoms with van der Waals surface area (Å²) in [5.74, 6) is -0.292. The molecule has 4 rings (SSSR count). The number of fused-ring (bicyclic) bond motifs is 1. The maximum atomic E-state index is 11.4. The molecule has 148 valence electrons. The van der Waals surface area contributed by atoms with Crippen LogP contribution in [0, 0.1) is 0 Å². The van der Waals surface area contributed by atoms with E-state index in [1.54, 1.807) is 17.4 Å². The molecule has 3 aromatic heterocycles. The lowest BCUT2D eigenvalue weighted by Gasteiger charge is -2.07. The Morgan fingerprint density at radius 3 is 2.76 bits per heavy atom. The molecular formula is C22H22N4O2S. The van der Waals surface area contributed by atoms with Crippen molar-refractivity contribution in [2.24, 2.45) is 0 Å². The monoisotopic (exact) mass is 406 g/mol. The third-order valence-corrected chi connectivity index (χ3v) is 5.84. The third-order valence-electron chi connectivity index (χ3n) is 4.78. The van der Waals surface area contributed by atoms with Gasteiger partial charge in [0.25, 0.3) is 0 Å². The number of carboxylic acids is 1. The first kappa shape index (κ1) is 19.3. The topological polar surface area (TPSA) is 80.9 Å². The summed E-state index contributed by atoms with van der Waals surface area (Å²) in [7, 11) is 0. The van der Waals surface area contributed by atoms with E-state index in [2.05, 4.69) is 22.5 Å². The Hall–Kier alpha value is -3.06. The highest BCUT2D eigenvalue weighted by molar-refractivity contribution is 7.21. The highest BCUT2D eigenvalue weighted by Crippen LogP contribution is 2.31. The highest BCUT2D eigenvalue weighted by atomic mass is 32.1. The number of benzene rings is 1. The van der Waals surface area contributed by atoms with Crippen LogP contribution in [0.2, 0.25) is 0 Å². The predicted molar refractivity (Wildman–Crippen MR) is 115 cm³/mol. The molecule has 0 radical (unpaired) electrons. The van der Waals surface area contributed by atoms with Crippen molar-refractivity contribution in [1.29, 1.82) is 0 Å². The Labute approximate surface area is 172 Å². The van der Waals surface area contributed by atoms with Gasteiger partial charge in [0.05, 0.1) is 15.8 Å². The Balaban J connectivity index is 1.73. The molecule has 0 fully saturated rings. The number of carboxylic acid groups (broad SMARTS) is 1. The average Bonchev–Trinajstić information content (AvgIpc) is 3.35. The average molecular weight is 407 g/mol. The first-order chi connectivity index (χ1) is 14.2. The predicted octanol–water partition coefficient (Wildman–Crippen LogP) is 5.50. The number of aryl methyl sites for hydroxylation is 1. The van der Waals surface area contributed by atoms with Crippen molar-refractivity contribution in [2.45, 2.75) is 39.2 Å². The fourth-order valence-corrected chi connectivity index (χ4v) is 4.19. The van der Waals surface area contributed by atoms with E-state index in [-0.39, 0.29) is 5.56 Å². The first-order valence-electron chi connectivity index (χ1n) is 9.78. The van der Waals surface area contributed by atoms with Gasteiger partial charge >= 0.3 is 5.97 Å². The molecule has 6 nitrogen and oxygen atoms in total. The molecule has 0 aliphatic rings. The molecule has 0 atom stereocenters. The minimum atomic E-state index is -0.971. The SMILES string of the molecule is CCCCCCn1cc(-c2nc3ccccc3s2)nc1-c1cc(C(=O)O)ccn1. The molecule has 4 aromatic rings. The van der Waals surface area contributed by atoms with Gasteiger partial charge < -0.3 is 9.67 Å². The maximum Gasteiger partial charge on any atom is 0.335 e. The van der Waals surface area contributed by atoms with E-state index in [0.29, 0.717) is 11.5 Å². The summed E-state index contributed by atoms with van der Waals surface area (Å²) < 4.78 is 3.19. The Morgan fingerprint density at radius 1 is 1.10 bits per heavy atom. The second-order valence-electron chi connectivity index (χ2n) is 6.93. The number of imidazole rings is 1. The number of para-hydroxylation sites is 1. The lowest BCUT2D eigenvalue weighted by Crippen LogP contribution is -2.03. The molecule has 0 saturated heterocycles. The van der Waals surface area contributed by atoms with E-state index in [1.165, 1.54) is 25.1 Å². The van der Waals surface area contributed by atoms with Crippen LogP contribution in [-0.4, -0.2) is 30.6 Å². The van der Waals surface area contributed by atoms with Gasteiger partial charge in [0, 0.05) is 18.9 Å². The molecule has 0 aliphatic carbocycles. The Kier molecular flexibility index (Phi) is 5.67. The number of hydrogen-bond donors (Lipinski definition) is 1. The van der Waals surface area contributed by atoms with Crippen molar-refractivity contribution >= 4 is 27.5 Å². The summed E-state index contributed by atoms with van der Waals surface area (Å²) in [5, 5.41) is 10.2. The summed E-state index contributed by atoms with van der Waals surface area (Å²) in [4.78, 5) is 25.3. The smallest absolute Gasteiger partial charge is 0.335 e. The highest BCUT2D eigenvalue weighted by Gasteiger charge is 2.17. The van der Waals surface area contributed by atoms with Crippen molar-refractivity contribution in [3.63, 3.8) is 0 Å². The van der Waals surface area contributed by atoms with E-state index in [0.717, 1.165) is 40.3 Å². The lowest BCUT2D eigenvalue weighted by atomic mass is 10.2. The van der Waals surface area contributed by atoms with E-state index < -0.39 is 5.97 Å². The zero-order chi connectivity index (χ0) is 20.2. The normalized spacial score (nSPS) is 11.2. The number of unbranched alkanes of at least 4 members (excludes halogenated alkanes) is 3. The molecule has 1 N–H and O–H groups in total. The summed E-state index contributed by atoms with van der Waals surface area (Å²) in [6.45, 7) is 3.00. The number of hydrogen-bond acceptors (Lipinski definition) is 5. The Morgan fingerprint density at radius 2 is 1.97 bits per heavy atom. The fraction of sp³-hybridized carbons (Fsp3) is 0.273. The third kappa shape index (κ3) is 4.19. The number of carbonyl (C=O) groups is 1. The molecule has 0 saturated carbocycles. The van der Waals surface area contributed by atoms with Gasteiger partial charge in [-0.05, 0) is 30.7 Å². The summed E-state index contributed by atoms with van der Waals surface area (Å²) in [6.07, 6.45) is 8.08. The van der Waals surface area contributed by atoms with Crippen LogP contribution in [-0.2, 0) is 6.54 Å². The fourth-order valence-electron chi connectivity index (χ4n) is 3.27.